The second-order valence-corrected chi connectivity index (χ2v) is 8.71. The van der Waals surface area contributed by atoms with Crippen molar-refractivity contribution in [2.24, 2.45) is 0 Å². The van der Waals surface area contributed by atoms with E-state index in [0.717, 1.165) is 39.8 Å². The molecule has 5 nitrogen and oxygen atoms in total. The highest BCUT2D eigenvalue weighted by atomic mass is 19.1. The summed E-state index contributed by atoms with van der Waals surface area (Å²) in [7, 11) is 0. The molecular formula is C27H28FN5. The van der Waals surface area contributed by atoms with Crippen LogP contribution in [-0.4, -0.2) is 33.2 Å². The van der Waals surface area contributed by atoms with E-state index >= 15 is 0 Å². The van der Waals surface area contributed by atoms with Crippen LogP contribution < -0.4 is 5.32 Å². The van der Waals surface area contributed by atoms with E-state index < -0.39 is 0 Å². The number of likely N-dealkylation sites (tertiary alicyclic amines) is 1. The number of piperidine rings is 1. The number of halogens is 1. The van der Waals surface area contributed by atoms with Gasteiger partial charge >= 0.3 is 0 Å². The molecule has 1 saturated heterocycles. The van der Waals surface area contributed by atoms with Crippen molar-refractivity contribution < 1.29 is 4.39 Å². The Balaban J connectivity index is 1.35. The zero-order valence-electron chi connectivity index (χ0n) is 18.6. The van der Waals surface area contributed by atoms with Gasteiger partial charge in [-0.15, -0.1) is 0 Å². The molecule has 0 bridgehead atoms. The molecule has 6 heteroatoms. The lowest BCUT2D eigenvalue weighted by molar-refractivity contribution is 0.220. The first kappa shape index (κ1) is 21.3. The molecule has 168 valence electrons. The molecule has 3 heterocycles. The molecule has 0 amide bonds. The first-order chi connectivity index (χ1) is 16.2. The van der Waals surface area contributed by atoms with Crippen molar-refractivity contribution in [1.82, 2.24) is 25.4 Å². The van der Waals surface area contributed by atoms with Gasteiger partial charge in [0.25, 0.3) is 0 Å². The number of pyridine rings is 1. The second kappa shape index (κ2) is 9.55. The van der Waals surface area contributed by atoms with E-state index in [1.54, 1.807) is 6.07 Å². The molecule has 4 aromatic rings. The number of hydrogen-bond donors (Lipinski definition) is 2. The number of nitrogens with one attached hydrogen (secondary N) is 2. The fourth-order valence-corrected chi connectivity index (χ4v) is 4.47. The second-order valence-electron chi connectivity index (χ2n) is 8.71. The van der Waals surface area contributed by atoms with Crippen LogP contribution in [0.3, 0.4) is 0 Å². The Morgan fingerprint density at radius 1 is 1.00 bits per heavy atom. The van der Waals surface area contributed by atoms with Gasteiger partial charge in [-0.2, -0.15) is 5.10 Å². The molecule has 2 aromatic heterocycles. The van der Waals surface area contributed by atoms with Crippen LogP contribution >= 0.6 is 0 Å². The minimum Gasteiger partial charge on any atom is -0.380 e. The highest BCUT2D eigenvalue weighted by Crippen LogP contribution is 2.28. The van der Waals surface area contributed by atoms with Crippen molar-refractivity contribution in [3.05, 3.63) is 90.1 Å². The summed E-state index contributed by atoms with van der Waals surface area (Å²) in [6.07, 6.45) is 7.79. The zero-order valence-corrected chi connectivity index (χ0v) is 18.6. The van der Waals surface area contributed by atoms with E-state index in [4.69, 9.17) is 0 Å². The number of aromatic nitrogens is 3. The van der Waals surface area contributed by atoms with Crippen LogP contribution in [0.5, 0.6) is 0 Å². The lowest BCUT2D eigenvalue weighted by Gasteiger charge is -2.26. The van der Waals surface area contributed by atoms with Crippen molar-refractivity contribution in [2.75, 3.05) is 13.1 Å². The summed E-state index contributed by atoms with van der Waals surface area (Å²) < 4.78 is 13.5. The standard InChI is InChI=1S/C27H28FN5/c1-19(30-16-20-6-5-7-24(28)13-20)27-25-14-22(8-9-26(25)31-32-27)23-12-21(15-29-17-23)18-33-10-3-2-4-11-33/h5-9,12-15,17,30H,1-4,10-11,16,18H2,(H,31,32). The molecule has 2 aromatic carbocycles. The molecule has 0 aliphatic carbocycles. The van der Waals surface area contributed by atoms with Gasteiger partial charge in [0, 0.05) is 36.4 Å². The molecule has 0 saturated carbocycles. The summed E-state index contributed by atoms with van der Waals surface area (Å²) in [4.78, 5) is 7.02. The van der Waals surface area contributed by atoms with Gasteiger partial charge in [0.1, 0.15) is 11.5 Å². The molecule has 1 fully saturated rings. The van der Waals surface area contributed by atoms with E-state index in [1.165, 1.54) is 50.0 Å². The van der Waals surface area contributed by atoms with E-state index in [1.807, 2.05) is 24.5 Å². The molecule has 33 heavy (non-hydrogen) atoms. The Hall–Kier alpha value is -3.51. The third kappa shape index (κ3) is 4.96. The highest BCUT2D eigenvalue weighted by molar-refractivity contribution is 5.92. The Morgan fingerprint density at radius 3 is 2.73 bits per heavy atom. The number of benzene rings is 2. The summed E-state index contributed by atoms with van der Waals surface area (Å²) >= 11 is 0. The van der Waals surface area contributed by atoms with Crippen LogP contribution in [0.25, 0.3) is 27.7 Å². The van der Waals surface area contributed by atoms with E-state index in [2.05, 4.69) is 50.2 Å². The van der Waals surface area contributed by atoms with E-state index in [9.17, 15) is 4.39 Å². The molecule has 1 aliphatic heterocycles. The maximum absolute atomic E-state index is 13.5. The predicted octanol–water partition coefficient (Wildman–Crippen LogP) is 5.51. The number of rotatable bonds is 7. The van der Waals surface area contributed by atoms with Gasteiger partial charge in [0.05, 0.1) is 11.2 Å². The minimum atomic E-state index is -0.245. The first-order valence-electron chi connectivity index (χ1n) is 11.5. The molecule has 0 atom stereocenters. The van der Waals surface area contributed by atoms with Crippen LogP contribution in [0.4, 0.5) is 4.39 Å². The van der Waals surface area contributed by atoms with Gasteiger partial charge in [-0.05, 0) is 73.0 Å². The molecule has 1 aliphatic rings. The first-order valence-corrected chi connectivity index (χ1v) is 11.5. The fourth-order valence-electron chi connectivity index (χ4n) is 4.47. The zero-order chi connectivity index (χ0) is 22.6. The van der Waals surface area contributed by atoms with Gasteiger partial charge in [-0.1, -0.05) is 31.2 Å². The van der Waals surface area contributed by atoms with Crippen LogP contribution in [0.2, 0.25) is 0 Å². The normalized spacial score (nSPS) is 14.5. The largest absolute Gasteiger partial charge is 0.380 e. The molecule has 2 N–H and O–H groups in total. The maximum atomic E-state index is 13.5. The number of fused-ring (bicyclic) bond motifs is 1. The van der Waals surface area contributed by atoms with Crippen molar-refractivity contribution in [1.29, 1.82) is 0 Å². The summed E-state index contributed by atoms with van der Waals surface area (Å²) in [6, 6.07) is 15.0. The fraction of sp³-hybridized carbons (Fsp3) is 0.259. The van der Waals surface area contributed by atoms with Gasteiger partial charge in [0.15, 0.2) is 0 Å². The quantitative estimate of drug-likeness (QED) is 0.397. The van der Waals surface area contributed by atoms with Gasteiger partial charge < -0.3 is 5.32 Å². The Labute approximate surface area is 193 Å². The smallest absolute Gasteiger partial charge is 0.123 e. The lowest BCUT2D eigenvalue weighted by Crippen LogP contribution is -2.29. The molecular weight excluding hydrogens is 413 g/mol. The summed E-state index contributed by atoms with van der Waals surface area (Å²) in [6.45, 7) is 7.92. The number of aromatic amines is 1. The van der Waals surface area contributed by atoms with Crippen molar-refractivity contribution in [3.8, 4) is 11.1 Å². The van der Waals surface area contributed by atoms with Gasteiger partial charge in [0.2, 0.25) is 0 Å². The SMILES string of the molecule is C=C(NCc1cccc(F)c1)c1n[nH]c2ccc(-c3cncc(CN4CCCCC4)c3)cc12. The van der Waals surface area contributed by atoms with E-state index in [-0.39, 0.29) is 5.82 Å². The van der Waals surface area contributed by atoms with Crippen LogP contribution in [0, 0.1) is 5.82 Å². The average Bonchev–Trinajstić information content (AvgIpc) is 3.27. The van der Waals surface area contributed by atoms with Crippen LogP contribution in [0.15, 0.2) is 67.5 Å². The number of nitrogens with zero attached hydrogens (tertiary/aromatic N) is 3. The summed E-state index contributed by atoms with van der Waals surface area (Å²) in [5.74, 6) is -0.245. The summed E-state index contributed by atoms with van der Waals surface area (Å²) in [5.41, 5.74) is 6.68. The van der Waals surface area contributed by atoms with Crippen LogP contribution in [0.1, 0.15) is 36.1 Å². The van der Waals surface area contributed by atoms with Crippen molar-refractivity contribution in [3.63, 3.8) is 0 Å². The maximum Gasteiger partial charge on any atom is 0.123 e. The average molecular weight is 442 g/mol. The van der Waals surface area contributed by atoms with Crippen molar-refractivity contribution >= 4 is 16.6 Å². The lowest BCUT2D eigenvalue weighted by atomic mass is 10.0. The molecule has 0 spiro atoms. The predicted molar refractivity (Wildman–Crippen MR) is 131 cm³/mol. The topological polar surface area (TPSA) is 56.8 Å². The number of hydrogen-bond acceptors (Lipinski definition) is 4. The summed E-state index contributed by atoms with van der Waals surface area (Å²) in [5, 5.41) is 11.8. The Kier molecular flexibility index (Phi) is 6.17. The third-order valence-electron chi connectivity index (χ3n) is 6.23. The Bertz CT molecular complexity index is 1270. The Morgan fingerprint density at radius 2 is 1.88 bits per heavy atom. The third-order valence-corrected chi connectivity index (χ3v) is 6.23. The molecule has 0 unspecified atom stereocenters. The van der Waals surface area contributed by atoms with Gasteiger partial charge in [-0.3, -0.25) is 15.0 Å². The molecule has 0 radical (unpaired) electrons. The highest BCUT2D eigenvalue weighted by Gasteiger charge is 2.13. The molecule has 5 rings (SSSR count). The number of H-pyrrole nitrogens is 1. The minimum absolute atomic E-state index is 0.245. The van der Waals surface area contributed by atoms with Crippen molar-refractivity contribution in [2.45, 2.75) is 32.4 Å². The van der Waals surface area contributed by atoms with Crippen LogP contribution in [-0.2, 0) is 13.1 Å². The monoisotopic (exact) mass is 441 g/mol. The van der Waals surface area contributed by atoms with Gasteiger partial charge in [-0.25, -0.2) is 4.39 Å². The van der Waals surface area contributed by atoms with E-state index in [0.29, 0.717) is 12.2 Å².